The lowest BCUT2D eigenvalue weighted by Gasteiger charge is -2.27. The van der Waals surface area contributed by atoms with Gasteiger partial charge in [-0.25, -0.2) is 10.0 Å². The Morgan fingerprint density at radius 2 is 1.62 bits per heavy atom. The molecular weight excluding hydrogens is 249 g/mol. The first-order valence-corrected chi connectivity index (χ1v) is 4.33. The predicted molar refractivity (Wildman–Crippen MR) is 53.8 cm³/mol. The van der Waals surface area contributed by atoms with Crippen LogP contribution in [0.25, 0.3) is 0 Å². The summed E-state index contributed by atoms with van der Waals surface area (Å²) in [6, 6.07) is 0. The highest BCUT2D eigenvalue weighted by atomic mass is 35.5. The molecule has 0 radical (unpaired) electrons. The molecule has 0 aliphatic rings. The Hall–Kier alpha value is -0.820. The van der Waals surface area contributed by atoms with Crippen LogP contribution in [0.1, 0.15) is 19.8 Å². The molecule has 0 aromatic rings. The summed E-state index contributed by atoms with van der Waals surface area (Å²) >= 11 is 0. The van der Waals surface area contributed by atoms with Gasteiger partial charge in [-0.15, -0.1) is 12.4 Å². The third-order valence-electron chi connectivity index (χ3n) is 1.53. The molecule has 0 spiro atoms. The topological polar surface area (TPSA) is 40.6 Å². The van der Waals surface area contributed by atoms with Crippen LogP contribution in [-0.4, -0.2) is 42.1 Å². The molecule has 0 saturated carbocycles. The minimum Gasteiger partial charge on any atom is -0.273 e. The summed E-state index contributed by atoms with van der Waals surface area (Å²) in [7, 11) is 2.41. The molecule has 2 amide bonds. The fraction of sp³-hybridized carbons (Fsp3) is 0.750. The number of imide groups is 1. The molecular formula is C8H14ClF3N2O2. The van der Waals surface area contributed by atoms with E-state index in [4.69, 9.17) is 0 Å². The van der Waals surface area contributed by atoms with E-state index in [9.17, 15) is 22.8 Å². The maximum atomic E-state index is 12.1. The molecule has 4 nitrogen and oxygen atoms in total. The number of carbonyl (C=O) groups excluding carboxylic acids is 2. The monoisotopic (exact) mass is 262 g/mol. The highest BCUT2D eigenvalue weighted by Crippen LogP contribution is 2.19. The van der Waals surface area contributed by atoms with Crippen molar-refractivity contribution in [2.75, 3.05) is 14.1 Å². The lowest BCUT2D eigenvalue weighted by Crippen LogP contribution is -2.51. The van der Waals surface area contributed by atoms with E-state index in [-0.39, 0.29) is 23.8 Å². The van der Waals surface area contributed by atoms with Crippen molar-refractivity contribution in [2.24, 2.45) is 0 Å². The van der Waals surface area contributed by atoms with E-state index in [1.165, 1.54) is 14.1 Å². The second-order valence-corrected chi connectivity index (χ2v) is 3.11. The second kappa shape index (κ2) is 6.70. The van der Waals surface area contributed by atoms with Crippen molar-refractivity contribution in [3.05, 3.63) is 0 Å². The van der Waals surface area contributed by atoms with Crippen molar-refractivity contribution in [1.82, 2.24) is 10.0 Å². The molecule has 8 heteroatoms. The number of nitrogens with zero attached hydrogens (tertiary/aromatic N) is 2. The second-order valence-electron chi connectivity index (χ2n) is 3.11. The SMILES string of the molecule is CCCC(=O)N(C(=O)C(F)(F)F)N(C)C.Cl. The van der Waals surface area contributed by atoms with Crippen LogP contribution in [0.2, 0.25) is 0 Å². The normalized spacial score (nSPS) is 10.9. The summed E-state index contributed by atoms with van der Waals surface area (Å²) in [5.41, 5.74) is 0. The van der Waals surface area contributed by atoms with Gasteiger partial charge in [-0.3, -0.25) is 9.59 Å². The van der Waals surface area contributed by atoms with Gasteiger partial charge in [0.2, 0.25) is 5.91 Å². The highest BCUT2D eigenvalue weighted by molar-refractivity contribution is 5.97. The van der Waals surface area contributed by atoms with Crippen LogP contribution in [0.15, 0.2) is 0 Å². The molecule has 0 N–H and O–H groups in total. The van der Waals surface area contributed by atoms with Crippen LogP contribution in [-0.2, 0) is 9.59 Å². The van der Waals surface area contributed by atoms with Gasteiger partial charge in [0.25, 0.3) is 0 Å². The fourth-order valence-electron chi connectivity index (χ4n) is 0.958. The van der Waals surface area contributed by atoms with E-state index in [0.29, 0.717) is 6.42 Å². The third-order valence-corrected chi connectivity index (χ3v) is 1.53. The van der Waals surface area contributed by atoms with Crippen LogP contribution in [0.5, 0.6) is 0 Å². The third kappa shape index (κ3) is 4.80. The van der Waals surface area contributed by atoms with E-state index in [2.05, 4.69) is 0 Å². The van der Waals surface area contributed by atoms with Crippen molar-refractivity contribution < 1.29 is 22.8 Å². The molecule has 0 aromatic carbocycles. The minimum absolute atomic E-state index is 0. The zero-order valence-corrected chi connectivity index (χ0v) is 9.98. The van der Waals surface area contributed by atoms with Crippen LogP contribution >= 0.6 is 12.4 Å². The molecule has 0 fully saturated rings. The van der Waals surface area contributed by atoms with Crippen molar-refractivity contribution in [3.8, 4) is 0 Å². The lowest BCUT2D eigenvalue weighted by molar-refractivity contribution is -0.200. The smallest absolute Gasteiger partial charge is 0.273 e. The molecule has 0 bridgehead atoms. The van der Waals surface area contributed by atoms with Gasteiger partial charge in [-0.2, -0.15) is 13.2 Å². The maximum absolute atomic E-state index is 12.1. The summed E-state index contributed by atoms with van der Waals surface area (Å²) in [5, 5.41) is 0.928. The zero-order valence-electron chi connectivity index (χ0n) is 9.17. The summed E-state index contributed by atoms with van der Waals surface area (Å²) in [5.74, 6) is -3.02. The van der Waals surface area contributed by atoms with Crippen molar-refractivity contribution in [2.45, 2.75) is 25.9 Å². The average molecular weight is 263 g/mol. The van der Waals surface area contributed by atoms with E-state index in [0.717, 1.165) is 5.01 Å². The Morgan fingerprint density at radius 3 is 1.88 bits per heavy atom. The number of hydrogen-bond donors (Lipinski definition) is 0. The Morgan fingerprint density at radius 1 is 1.19 bits per heavy atom. The van der Waals surface area contributed by atoms with Gasteiger partial charge in [-0.05, 0) is 6.42 Å². The summed E-state index contributed by atoms with van der Waals surface area (Å²) in [6.07, 6.45) is -4.75. The van der Waals surface area contributed by atoms with Gasteiger partial charge in [0.15, 0.2) is 0 Å². The number of rotatable bonds is 3. The van der Waals surface area contributed by atoms with Gasteiger partial charge < -0.3 is 0 Å². The first-order chi connectivity index (χ1) is 6.71. The molecule has 0 rings (SSSR count). The van der Waals surface area contributed by atoms with Crippen LogP contribution in [0.3, 0.4) is 0 Å². The van der Waals surface area contributed by atoms with Crippen LogP contribution in [0, 0.1) is 0 Å². The molecule has 0 heterocycles. The van der Waals surface area contributed by atoms with Crippen LogP contribution in [0.4, 0.5) is 13.2 Å². The van der Waals surface area contributed by atoms with E-state index in [1.807, 2.05) is 0 Å². The lowest BCUT2D eigenvalue weighted by atomic mass is 10.3. The maximum Gasteiger partial charge on any atom is 0.473 e. The quantitative estimate of drug-likeness (QED) is 0.726. The van der Waals surface area contributed by atoms with Crippen molar-refractivity contribution >= 4 is 24.2 Å². The van der Waals surface area contributed by atoms with Crippen molar-refractivity contribution in [1.29, 1.82) is 0 Å². The molecule has 0 aliphatic heterocycles. The average Bonchev–Trinajstić information content (AvgIpc) is 2.02. The first kappa shape index (κ1) is 17.6. The number of hydrazine groups is 1. The Labute approximate surface area is 97.8 Å². The van der Waals surface area contributed by atoms with Gasteiger partial charge in [0.05, 0.1) is 0 Å². The van der Waals surface area contributed by atoms with E-state index < -0.39 is 18.0 Å². The molecule has 0 aliphatic carbocycles. The number of alkyl halides is 3. The number of amides is 2. The summed E-state index contributed by atoms with van der Waals surface area (Å²) in [6.45, 7) is 1.64. The standard InChI is InChI=1S/C8H13F3N2O2.ClH/c1-4-5-6(14)13(12(2)3)7(15)8(9,10)11;/h4-5H2,1-3H3;1H. The van der Waals surface area contributed by atoms with Gasteiger partial charge in [0, 0.05) is 20.5 Å². The van der Waals surface area contributed by atoms with Crippen LogP contribution < -0.4 is 0 Å². The summed E-state index contributed by atoms with van der Waals surface area (Å²) in [4.78, 5) is 22.1. The number of halogens is 4. The first-order valence-electron chi connectivity index (χ1n) is 4.33. The van der Waals surface area contributed by atoms with E-state index in [1.54, 1.807) is 6.92 Å². The van der Waals surface area contributed by atoms with Gasteiger partial charge >= 0.3 is 12.1 Å². The Kier molecular flexibility index (Phi) is 7.35. The molecule has 0 atom stereocenters. The molecule has 0 unspecified atom stereocenters. The minimum atomic E-state index is -5.03. The molecule has 96 valence electrons. The highest BCUT2D eigenvalue weighted by Gasteiger charge is 2.45. The van der Waals surface area contributed by atoms with Gasteiger partial charge in [-0.1, -0.05) is 6.92 Å². The molecule has 0 saturated heterocycles. The zero-order chi connectivity index (χ0) is 12.2. The largest absolute Gasteiger partial charge is 0.473 e. The van der Waals surface area contributed by atoms with Crippen molar-refractivity contribution in [3.63, 3.8) is 0 Å². The van der Waals surface area contributed by atoms with Gasteiger partial charge in [0.1, 0.15) is 0 Å². The Bertz CT molecular complexity index is 256. The number of hydrogen-bond acceptors (Lipinski definition) is 3. The number of carbonyl (C=O) groups is 2. The Balaban J connectivity index is 0. The molecule has 16 heavy (non-hydrogen) atoms. The molecule has 0 aromatic heterocycles. The predicted octanol–water partition coefficient (Wildman–Crippen LogP) is 1.60. The fourth-order valence-corrected chi connectivity index (χ4v) is 0.958. The van der Waals surface area contributed by atoms with E-state index >= 15 is 0 Å². The summed E-state index contributed by atoms with van der Waals surface area (Å²) < 4.78 is 36.3.